The van der Waals surface area contributed by atoms with Crippen LogP contribution in [0.1, 0.15) is 10.4 Å². The lowest BCUT2D eigenvalue weighted by Gasteiger charge is -2.36. The summed E-state index contributed by atoms with van der Waals surface area (Å²) in [5.41, 5.74) is 0.278. The van der Waals surface area contributed by atoms with Gasteiger partial charge in [-0.05, 0) is 17.7 Å². The molecule has 15 heavy (non-hydrogen) atoms. The number of nitrogens with zero attached hydrogens (tertiary/aromatic N) is 1. The van der Waals surface area contributed by atoms with E-state index in [1.165, 1.54) is 17.2 Å². The third kappa shape index (κ3) is 1.70. The van der Waals surface area contributed by atoms with Crippen LogP contribution in [-0.4, -0.2) is 35.0 Å². The molecule has 0 spiro atoms. The molecule has 1 aromatic heterocycles. The maximum Gasteiger partial charge on any atom is 0.310 e. The van der Waals surface area contributed by atoms with Crippen LogP contribution in [0.3, 0.4) is 0 Å². The lowest BCUT2D eigenvalue weighted by atomic mass is 10.00. The largest absolute Gasteiger partial charge is 0.481 e. The van der Waals surface area contributed by atoms with Gasteiger partial charge in [0.15, 0.2) is 0 Å². The fourth-order valence-corrected chi connectivity index (χ4v) is 1.61. The molecule has 80 valence electrons. The summed E-state index contributed by atoms with van der Waals surface area (Å²) in [7, 11) is 0. The third-order valence-electron chi connectivity index (χ3n) is 2.37. The van der Waals surface area contributed by atoms with Gasteiger partial charge in [-0.25, -0.2) is 0 Å². The zero-order chi connectivity index (χ0) is 11.0. The molecule has 0 aromatic carbocycles. The lowest BCUT2D eigenvalue weighted by molar-refractivity contribution is -0.146. The number of rotatable bonds is 2. The van der Waals surface area contributed by atoms with Gasteiger partial charge in [0.25, 0.3) is 5.91 Å². The molecular weight excluding hydrogens is 222 g/mol. The minimum absolute atomic E-state index is 0.0405. The maximum atomic E-state index is 11.7. The summed E-state index contributed by atoms with van der Waals surface area (Å²) >= 11 is 5.63. The minimum Gasteiger partial charge on any atom is -0.481 e. The molecule has 2 rings (SSSR count). The number of carbonyl (C=O) groups excluding carboxylic acids is 1. The van der Waals surface area contributed by atoms with E-state index in [0.717, 1.165) is 0 Å². The standard InChI is InChI=1S/C9H8ClNO4/c10-7-6(1-2-15-7)8(12)11-3-5(4-11)9(13)14/h1-2,5H,3-4H2,(H,13,14). The van der Waals surface area contributed by atoms with Gasteiger partial charge < -0.3 is 14.4 Å². The van der Waals surface area contributed by atoms with Crippen LogP contribution in [0.25, 0.3) is 0 Å². The summed E-state index contributed by atoms with van der Waals surface area (Å²) in [6, 6.07) is 1.47. The molecule has 1 amide bonds. The van der Waals surface area contributed by atoms with E-state index in [-0.39, 0.29) is 29.8 Å². The van der Waals surface area contributed by atoms with Crippen molar-refractivity contribution < 1.29 is 19.1 Å². The Labute approximate surface area is 90.2 Å². The van der Waals surface area contributed by atoms with Gasteiger partial charge in [-0.3, -0.25) is 9.59 Å². The molecule has 0 saturated carbocycles. The molecule has 0 unspecified atom stereocenters. The fraction of sp³-hybridized carbons (Fsp3) is 0.333. The van der Waals surface area contributed by atoms with Gasteiger partial charge >= 0.3 is 5.97 Å². The molecule has 0 aliphatic carbocycles. The van der Waals surface area contributed by atoms with Crippen LogP contribution in [0.15, 0.2) is 16.7 Å². The number of furan rings is 1. The van der Waals surface area contributed by atoms with Crippen molar-refractivity contribution in [2.24, 2.45) is 5.92 Å². The smallest absolute Gasteiger partial charge is 0.310 e. The molecule has 6 heteroatoms. The van der Waals surface area contributed by atoms with Crippen molar-refractivity contribution in [2.75, 3.05) is 13.1 Å². The first-order chi connectivity index (χ1) is 7.09. The van der Waals surface area contributed by atoms with Crippen molar-refractivity contribution in [2.45, 2.75) is 0 Å². The van der Waals surface area contributed by atoms with Crippen molar-refractivity contribution >= 4 is 23.5 Å². The summed E-state index contributed by atoms with van der Waals surface area (Å²) in [6.45, 7) is 0.464. The average molecular weight is 230 g/mol. The molecule has 1 saturated heterocycles. The normalized spacial score (nSPS) is 16.2. The fourth-order valence-electron chi connectivity index (χ4n) is 1.42. The van der Waals surface area contributed by atoms with Crippen molar-refractivity contribution in [1.82, 2.24) is 4.90 Å². The number of hydrogen-bond donors (Lipinski definition) is 1. The number of carboxylic acid groups (broad SMARTS) is 1. The van der Waals surface area contributed by atoms with Crippen LogP contribution in [-0.2, 0) is 4.79 Å². The molecule has 1 fully saturated rings. The first-order valence-electron chi connectivity index (χ1n) is 4.34. The van der Waals surface area contributed by atoms with E-state index in [2.05, 4.69) is 0 Å². The molecule has 1 aromatic rings. The second-order valence-electron chi connectivity index (χ2n) is 3.35. The quantitative estimate of drug-likeness (QED) is 0.824. The van der Waals surface area contributed by atoms with E-state index in [1.807, 2.05) is 0 Å². The van der Waals surface area contributed by atoms with Crippen molar-refractivity contribution in [3.63, 3.8) is 0 Å². The van der Waals surface area contributed by atoms with Crippen LogP contribution >= 0.6 is 11.6 Å². The van der Waals surface area contributed by atoms with E-state index in [0.29, 0.717) is 0 Å². The zero-order valence-corrected chi connectivity index (χ0v) is 8.40. The lowest BCUT2D eigenvalue weighted by Crippen LogP contribution is -2.53. The van der Waals surface area contributed by atoms with E-state index >= 15 is 0 Å². The van der Waals surface area contributed by atoms with Crippen LogP contribution < -0.4 is 0 Å². The predicted octanol–water partition coefficient (Wildman–Crippen LogP) is 1.09. The number of carbonyl (C=O) groups is 2. The number of hydrogen-bond acceptors (Lipinski definition) is 3. The highest BCUT2D eigenvalue weighted by Crippen LogP contribution is 2.23. The number of halogens is 1. The second-order valence-corrected chi connectivity index (χ2v) is 3.70. The van der Waals surface area contributed by atoms with Crippen LogP contribution in [0.5, 0.6) is 0 Å². The Morgan fingerprint density at radius 1 is 1.53 bits per heavy atom. The molecule has 0 radical (unpaired) electrons. The van der Waals surface area contributed by atoms with E-state index in [1.54, 1.807) is 0 Å². The monoisotopic (exact) mass is 229 g/mol. The Morgan fingerprint density at radius 3 is 2.67 bits per heavy atom. The molecular formula is C9H8ClNO4. The first kappa shape index (κ1) is 10.0. The summed E-state index contributed by atoms with van der Waals surface area (Å²) < 4.78 is 4.78. The highest BCUT2D eigenvalue weighted by molar-refractivity contribution is 6.32. The average Bonchev–Trinajstić information content (AvgIpc) is 2.47. The van der Waals surface area contributed by atoms with Gasteiger partial charge in [0.05, 0.1) is 17.7 Å². The summed E-state index contributed by atoms with van der Waals surface area (Å²) in [5, 5.41) is 8.68. The SMILES string of the molecule is O=C(O)C1CN(C(=O)c2ccoc2Cl)C1. The van der Waals surface area contributed by atoms with E-state index < -0.39 is 11.9 Å². The number of likely N-dealkylation sites (tertiary alicyclic amines) is 1. The van der Waals surface area contributed by atoms with Crippen LogP contribution in [0, 0.1) is 5.92 Å². The zero-order valence-electron chi connectivity index (χ0n) is 7.64. The third-order valence-corrected chi connectivity index (χ3v) is 2.66. The Hall–Kier alpha value is -1.49. The van der Waals surface area contributed by atoms with Gasteiger partial charge in [-0.2, -0.15) is 0 Å². The van der Waals surface area contributed by atoms with Gasteiger partial charge in [-0.1, -0.05) is 0 Å². The Morgan fingerprint density at radius 2 is 2.20 bits per heavy atom. The molecule has 0 bridgehead atoms. The van der Waals surface area contributed by atoms with Crippen molar-refractivity contribution in [1.29, 1.82) is 0 Å². The Kier molecular flexibility index (Phi) is 2.40. The Balaban J connectivity index is 2.01. The topological polar surface area (TPSA) is 70.8 Å². The molecule has 1 N–H and O–H groups in total. The highest BCUT2D eigenvalue weighted by atomic mass is 35.5. The molecule has 1 aliphatic heterocycles. The maximum absolute atomic E-state index is 11.7. The number of amides is 1. The summed E-state index contributed by atoms with van der Waals surface area (Å²) in [5.74, 6) is -1.62. The van der Waals surface area contributed by atoms with Gasteiger partial charge in [0.2, 0.25) is 5.22 Å². The van der Waals surface area contributed by atoms with Crippen LogP contribution in [0.4, 0.5) is 0 Å². The van der Waals surface area contributed by atoms with Gasteiger partial charge in [-0.15, -0.1) is 0 Å². The van der Waals surface area contributed by atoms with E-state index in [9.17, 15) is 9.59 Å². The van der Waals surface area contributed by atoms with E-state index in [4.69, 9.17) is 21.1 Å². The molecule has 0 atom stereocenters. The van der Waals surface area contributed by atoms with Crippen molar-refractivity contribution in [3.05, 3.63) is 23.1 Å². The molecule has 2 heterocycles. The van der Waals surface area contributed by atoms with Crippen molar-refractivity contribution in [3.8, 4) is 0 Å². The second kappa shape index (κ2) is 3.58. The highest BCUT2D eigenvalue weighted by Gasteiger charge is 2.36. The molecule has 5 nitrogen and oxygen atoms in total. The summed E-state index contributed by atoms with van der Waals surface area (Å²) in [6.07, 6.45) is 1.32. The van der Waals surface area contributed by atoms with Crippen LogP contribution in [0.2, 0.25) is 5.22 Å². The minimum atomic E-state index is -0.877. The first-order valence-corrected chi connectivity index (χ1v) is 4.72. The predicted molar refractivity (Wildman–Crippen MR) is 50.7 cm³/mol. The Bertz CT molecular complexity index is 408. The van der Waals surface area contributed by atoms with Gasteiger partial charge in [0, 0.05) is 13.1 Å². The number of carboxylic acids is 1. The summed E-state index contributed by atoms with van der Waals surface area (Å²) in [4.78, 5) is 23.6. The molecule has 1 aliphatic rings. The number of aliphatic carboxylic acids is 1. The van der Waals surface area contributed by atoms with Gasteiger partial charge in [0.1, 0.15) is 0 Å².